The van der Waals surface area contributed by atoms with Crippen LogP contribution in [0.3, 0.4) is 0 Å². The highest BCUT2D eigenvalue weighted by molar-refractivity contribution is 5.67. The first-order valence-electron chi connectivity index (χ1n) is 5.23. The fourth-order valence-corrected chi connectivity index (χ4v) is 2.82. The van der Waals surface area contributed by atoms with E-state index in [2.05, 4.69) is 20.8 Å². The molecule has 0 saturated heterocycles. The molecule has 1 saturated carbocycles. The summed E-state index contributed by atoms with van der Waals surface area (Å²) in [5.41, 5.74) is 5.81. The molecular weight excluding hydrogens is 178 g/mol. The van der Waals surface area contributed by atoms with Gasteiger partial charge in [-0.2, -0.15) is 0 Å². The normalized spacial score (nSPS) is 35.9. The van der Waals surface area contributed by atoms with Crippen LogP contribution in [0.1, 0.15) is 40.0 Å². The van der Waals surface area contributed by atoms with Gasteiger partial charge < -0.3 is 10.8 Å². The van der Waals surface area contributed by atoms with Crippen molar-refractivity contribution in [3.63, 3.8) is 0 Å². The van der Waals surface area contributed by atoms with Crippen LogP contribution in [0.15, 0.2) is 0 Å². The molecule has 3 heteroatoms. The van der Waals surface area contributed by atoms with Crippen LogP contribution in [0, 0.1) is 16.7 Å². The Hall–Kier alpha value is -0.570. The lowest BCUT2D eigenvalue weighted by molar-refractivity contribution is -0.139. The first-order chi connectivity index (χ1) is 6.31. The number of carboxylic acids is 1. The van der Waals surface area contributed by atoms with Crippen molar-refractivity contribution in [2.45, 2.75) is 40.0 Å². The number of rotatable bonds is 3. The monoisotopic (exact) mass is 199 g/mol. The van der Waals surface area contributed by atoms with Gasteiger partial charge in [0.25, 0.3) is 0 Å². The van der Waals surface area contributed by atoms with Crippen LogP contribution >= 0.6 is 0 Å². The van der Waals surface area contributed by atoms with Crippen LogP contribution < -0.4 is 5.73 Å². The number of aliphatic carboxylic acids is 1. The molecule has 3 nitrogen and oxygen atoms in total. The summed E-state index contributed by atoms with van der Waals surface area (Å²) in [5, 5.41) is 8.87. The van der Waals surface area contributed by atoms with Gasteiger partial charge in [0.15, 0.2) is 0 Å². The van der Waals surface area contributed by atoms with Gasteiger partial charge in [-0.1, -0.05) is 20.8 Å². The summed E-state index contributed by atoms with van der Waals surface area (Å²) in [4.78, 5) is 10.8. The van der Waals surface area contributed by atoms with E-state index in [1.165, 1.54) is 0 Å². The minimum absolute atomic E-state index is 0.158. The Balaban J connectivity index is 2.80. The Morgan fingerprint density at radius 3 is 2.43 bits per heavy atom. The van der Waals surface area contributed by atoms with E-state index in [1.807, 2.05) is 0 Å². The standard InChI is InChI=1S/C11H21NO2/c1-8-4-11(7-12,5-9(13)14)6-10(8,2)3/h8H,4-7,12H2,1-3H3,(H,13,14)/t8-,11?/m0/s1. The lowest BCUT2D eigenvalue weighted by Crippen LogP contribution is -2.31. The maximum atomic E-state index is 10.8. The molecular formula is C11H21NO2. The number of carboxylic acid groups (broad SMARTS) is 1. The highest BCUT2D eigenvalue weighted by atomic mass is 16.4. The molecule has 0 aromatic heterocycles. The molecule has 1 aliphatic carbocycles. The van der Waals surface area contributed by atoms with Gasteiger partial charge in [0.2, 0.25) is 0 Å². The van der Waals surface area contributed by atoms with Crippen LogP contribution in [0.25, 0.3) is 0 Å². The highest BCUT2D eigenvalue weighted by Gasteiger charge is 2.47. The first-order valence-corrected chi connectivity index (χ1v) is 5.23. The second kappa shape index (κ2) is 3.54. The molecule has 1 rings (SSSR count). The number of carbonyl (C=O) groups is 1. The van der Waals surface area contributed by atoms with Crippen molar-refractivity contribution in [1.29, 1.82) is 0 Å². The Morgan fingerprint density at radius 2 is 2.14 bits per heavy atom. The molecule has 1 fully saturated rings. The summed E-state index contributed by atoms with van der Waals surface area (Å²) in [6.45, 7) is 7.10. The van der Waals surface area contributed by atoms with E-state index in [-0.39, 0.29) is 17.3 Å². The maximum Gasteiger partial charge on any atom is 0.303 e. The van der Waals surface area contributed by atoms with E-state index >= 15 is 0 Å². The van der Waals surface area contributed by atoms with Gasteiger partial charge in [0.05, 0.1) is 6.42 Å². The second-order valence-electron chi connectivity index (χ2n) is 5.55. The molecule has 14 heavy (non-hydrogen) atoms. The fourth-order valence-electron chi connectivity index (χ4n) is 2.82. The summed E-state index contributed by atoms with van der Waals surface area (Å²) < 4.78 is 0. The van der Waals surface area contributed by atoms with Gasteiger partial charge in [-0.05, 0) is 36.1 Å². The minimum atomic E-state index is -0.722. The van der Waals surface area contributed by atoms with Crippen molar-refractivity contribution in [2.75, 3.05) is 6.54 Å². The SMILES string of the molecule is C[C@H]1CC(CN)(CC(=O)O)CC1(C)C. The van der Waals surface area contributed by atoms with E-state index in [4.69, 9.17) is 10.8 Å². The third-order valence-electron chi connectivity index (χ3n) is 3.86. The summed E-state index contributed by atoms with van der Waals surface area (Å²) >= 11 is 0. The average molecular weight is 199 g/mol. The molecule has 0 heterocycles. The van der Waals surface area contributed by atoms with Crippen molar-refractivity contribution in [3.8, 4) is 0 Å². The van der Waals surface area contributed by atoms with Crippen molar-refractivity contribution in [3.05, 3.63) is 0 Å². The van der Waals surface area contributed by atoms with Crippen molar-refractivity contribution < 1.29 is 9.90 Å². The van der Waals surface area contributed by atoms with Crippen molar-refractivity contribution in [2.24, 2.45) is 22.5 Å². The lowest BCUT2D eigenvalue weighted by atomic mass is 9.78. The van der Waals surface area contributed by atoms with Crippen LogP contribution in [0.5, 0.6) is 0 Å². The van der Waals surface area contributed by atoms with E-state index < -0.39 is 5.97 Å². The molecule has 0 spiro atoms. The summed E-state index contributed by atoms with van der Waals surface area (Å²) in [5.74, 6) is -0.161. The van der Waals surface area contributed by atoms with E-state index in [0.717, 1.165) is 12.8 Å². The van der Waals surface area contributed by atoms with Gasteiger partial charge in [0, 0.05) is 0 Å². The average Bonchev–Trinajstić information content (AvgIpc) is 2.22. The van der Waals surface area contributed by atoms with Crippen LogP contribution in [0.2, 0.25) is 0 Å². The molecule has 3 N–H and O–H groups in total. The van der Waals surface area contributed by atoms with Gasteiger partial charge in [0.1, 0.15) is 0 Å². The molecule has 1 unspecified atom stereocenters. The minimum Gasteiger partial charge on any atom is -0.481 e. The quantitative estimate of drug-likeness (QED) is 0.729. The van der Waals surface area contributed by atoms with Crippen molar-refractivity contribution >= 4 is 5.97 Å². The predicted molar refractivity (Wildman–Crippen MR) is 55.9 cm³/mol. The zero-order valence-electron chi connectivity index (χ0n) is 9.34. The summed E-state index contributed by atoms with van der Waals surface area (Å²) in [6.07, 6.45) is 2.10. The third kappa shape index (κ3) is 2.08. The molecule has 0 radical (unpaired) electrons. The molecule has 0 aromatic rings. The van der Waals surface area contributed by atoms with Gasteiger partial charge in [-0.15, -0.1) is 0 Å². The molecule has 82 valence electrons. The highest BCUT2D eigenvalue weighted by Crippen LogP contribution is 2.53. The van der Waals surface area contributed by atoms with Crippen LogP contribution in [-0.2, 0) is 4.79 Å². The van der Waals surface area contributed by atoms with E-state index in [0.29, 0.717) is 12.5 Å². The fraction of sp³-hybridized carbons (Fsp3) is 0.909. The van der Waals surface area contributed by atoms with Crippen molar-refractivity contribution in [1.82, 2.24) is 0 Å². The Morgan fingerprint density at radius 1 is 1.57 bits per heavy atom. The Kier molecular flexibility index (Phi) is 2.91. The molecule has 1 aliphatic rings. The first kappa shape index (κ1) is 11.5. The van der Waals surface area contributed by atoms with Gasteiger partial charge in [-0.3, -0.25) is 4.79 Å². The predicted octanol–water partition coefficient (Wildman–Crippen LogP) is 1.86. The van der Waals surface area contributed by atoms with E-state index in [1.54, 1.807) is 0 Å². The van der Waals surface area contributed by atoms with Crippen LogP contribution in [-0.4, -0.2) is 17.6 Å². The van der Waals surface area contributed by atoms with Gasteiger partial charge >= 0.3 is 5.97 Å². The summed E-state index contributed by atoms with van der Waals surface area (Å²) in [7, 11) is 0. The third-order valence-corrected chi connectivity index (χ3v) is 3.86. The smallest absolute Gasteiger partial charge is 0.303 e. The van der Waals surface area contributed by atoms with Gasteiger partial charge in [-0.25, -0.2) is 0 Å². The lowest BCUT2D eigenvalue weighted by Gasteiger charge is -2.27. The number of hydrogen-bond donors (Lipinski definition) is 2. The largest absolute Gasteiger partial charge is 0.481 e. The van der Waals surface area contributed by atoms with Crippen LogP contribution in [0.4, 0.5) is 0 Å². The molecule has 0 bridgehead atoms. The zero-order chi connectivity index (χ0) is 11.0. The molecule has 0 aliphatic heterocycles. The number of nitrogens with two attached hydrogens (primary N) is 1. The van der Waals surface area contributed by atoms with E-state index in [9.17, 15) is 4.79 Å². The second-order valence-corrected chi connectivity index (χ2v) is 5.55. The Labute approximate surface area is 85.7 Å². The topological polar surface area (TPSA) is 63.3 Å². The molecule has 0 aromatic carbocycles. The molecule has 0 amide bonds. The summed E-state index contributed by atoms with van der Waals surface area (Å²) in [6, 6.07) is 0. The Bertz CT molecular complexity index is 237. The molecule has 2 atom stereocenters. The zero-order valence-corrected chi connectivity index (χ0v) is 9.34. The number of hydrogen-bond acceptors (Lipinski definition) is 2. The maximum absolute atomic E-state index is 10.8.